The maximum absolute atomic E-state index is 11.9. The Hall–Kier alpha value is -1.55. The second-order valence-corrected chi connectivity index (χ2v) is 5.18. The van der Waals surface area contributed by atoms with Crippen LogP contribution in [0, 0.1) is 6.92 Å². The van der Waals surface area contributed by atoms with Gasteiger partial charge >= 0.3 is 6.03 Å². The van der Waals surface area contributed by atoms with Crippen LogP contribution in [0.3, 0.4) is 0 Å². The van der Waals surface area contributed by atoms with Crippen molar-refractivity contribution >= 4 is 29.2 Å². The Morgan fingerprint density at radius 1 is 1.42 bits per heavy atom. The lowest BCUT2D eigenvalue weighted by Gasteiger charge is -2.25. The number of hydrogen-bond acceptors (Lipinski definition) is 1. The molecular weight excluding hydrogens is 262 g/mol. The van der Waals surface area contributed by atoms with Gasteiger partial charge in [0.25, 0.3) is 0 Å². The van der Waals surface area contributed by atoms with Crippen LogP contribution in [-0.2, 0) is 0 Å². The van der Waals surface area contributed by atoms with Crippen LogP contribution < -0.4 is 5.32 Å². The van der Waals surface area contributed by atoms with E-state index in [1.54, 1.807) is 6.07 Å². The molecule has 1 heterocycles. The fourth-order valence-electron chi connectivity index (χ4n) is 2.14. The average molecular weight is 280 g/mol. The van der Waals surface area contributed by atoms with Gasteiger partial charge in [0.1, 0.15) is 5.84 Å². The van der Waals surface area contributed by atoms with Gasteiger partial charge in [0.15, 0.2) is 0 Å². The number of amidine groups is 1. The third-order valence-corrected chi connectivity index (χ3v) is 3.58. The normalized spacial score (nSPS) is 17.6. The van der Waals surface area contributed by atoms with Crippen LogP contribution in [-0.4, -0.2) is 30.4 Å². The van der Waals surface area contributed by atoms with Gasteiger partial charge < -0.3 is 10.2 Å². The number of benzene rings is 1. The number of nitrogens with one attached hydrogen (secondary N) is 1. The van der Waals surface area contributed by atoms with Gasteiger partial charge in [-0.25, -0.2) is 4.79 Å². The Morgan fingerprint density at radius 3 is 2.89 bits per heavy atom. The van der Waals surface area contributed by atoms with E-state index in [0.717, 1.165) is 37.2 Å². The molecule has 0 atom stereocenters. The number of carbonyl (C=O) groups excluding carboxylic acids is 1. The van der Waals surface area contributed by atoms with Gasteiger partial charge in [-0.3, -0.25) is 0 Å². The molecule has 4 nitrogen and oxygen atoms in total. The van der Waals surface area contributed by atoms with Crippen molar-refractivity contribution in [3.8, 4) is 0 Å². The van der Waals surface area contributed by atoms with Crippen molar-refractivity contribution in [2.45, 2.75) is 26.2 Å². The zero-order valence-electron chi connectivity index (χ0n) is 11.2. The van der Waals surface area contributed by atoms with Crippen molar-refractivity contribution in [1.29, 1.82) is 0 Å². The fourth-order valence-corrected chi connectivity index (χ4v) is 2.40. The van der Waals surface area contributed by atoms with E-state index in [0.29, 0.717) is 10.7 Å². The third-order valence-electron chi connectivity index (χ3n) is 3.27. The molecule has 1 aromatic carbocycles. The van der Waals surface area contributed by atoms with E-state index < -0.39 is 0 Å². The second kappa shape index (κ2) is 6.06. The number of rotatable bonds is 1. The summed E-state index contributed by atoms with van der Waals surface area (Å²) in [5, 5.41) is 3.29. The number of carbonyl (C=O) groups is 1. The number of hydrogen-bond donors (Lipinski definition) is 1. The van der Waals surface area contributed by atoms with Crippen molar-refractivity contribution in [1.82, 2.24) is 4.90 Å². The number of halogens is 1. The van der Waals surface area contributed by atoms with Crippen molar-refractivity contribution in [2.24, 2.45) is 4.99 Å². The van der Waals surface area contributed by atoms with Gasteiger partial charge in [-0.1, -0.05) is 23.7 Å². The molecule has 19 heavy (non-hydrogen) atoms. The first-order valence-corrected chi connectivity index (χ1v) is 6.80. The SMILES string of the molecule is Cc1cccc(Cl)c1NC(=O)N=C1CCCCN1C. The van der Waals surface area contributed by atoms with Crippen LogP contribution in [0.25, 0.3) is 0 Å². The zero-order valence-corrected chi connectivity index (χ0v) is 12.0. The summed E-state index contributed by atoms with van der Waals surface area (Å²) in [4.78, 5) is 18.1. The summed E-state index contributed by atoms with van der Waals surface area (Å²) >= 11 is 6.07. The first-order chi connectivity index (χ1) is 9.08. The van der Waals surface area contributed by atoms with Crippen LogP contribution in [0.5, 0.6) is 0 Å². The zero-order chi connectivity index (χ0) is 13.8. The summed E-state index contributed by atoms with van der Waals surface area (Å²) in [6.45, 7) is 2.86. The highest BCUT2D eigenvalue weighted by Crippen LogP contribution is 2.25. The molecule has 2 rings (SSSR count). The Balaban J connectivity index is 2.11. The van der Waals surface area contributed by atoms with E-state index in [2.05, 4.69) is 10.3 Å². The van der Waals surface area contributed by atoms with E-state index in [-0.39, 0.29) is 6.03 Å². The molecule has 0 bridgehead atoms. The average Bonchev–Trinajstić information content (AvgIpc) is 2.37. The number of aryl methyl sites for hydroxylation is 1. The highest BCUT2D eigenvalue weighted by atomic mass is 35.5. The monoisotopic (exact) mass is 279 g/mol. The minimum Gasteiger partial charge on any atom is -0.363 e. The number of nitrogens with zero attached hydrogens (tertiary/aromatic N) is 2. The van der Waals surface area contributed by atoms with E-state index in [1.807, 2.05) is 31.0 Å². The van der Waals surface area contributed by atoms with Gasteiger partial charge in [0.2, 0.25) is 0 Å². The second-order valence-electron chi connectivity index (χ2n) is 4.77. The predicted octanol–water partition coefficient (Wildman–Crippen LogP) is 3.69. The van der Waals surface area contributed by atoms with Gasteiger partial charge in [0, 0.05) is 20.0 Å². The van der Waals surface area contributed by atoms with E-state index in [9.17, 15) is 4.79 Å². The van der Waals surface area contributed by atoms with Gasteiger partial charge in [-0.15, -0.1) is 0 Å². The summed E-state index contributed by atoms with van der Waals surface area (Å²) in [6.07, 6.45) is 3.09. The Labute approximate surface area is 118 Å². The number of amides is 2. The summed E-state index contributed by atoms with van der Waals surface area (Å²) in [5.74, 6) is 0.841. The van der Waals surface area contributed by atoms with Gasteiger partial charge in [0.05, 0.1) is 10.7 Å². The van der Waals surface area contributed by atoms with Crippen LogP contribution >= 0.6 is 11.6 Å². The lowest BCUT2D eigenvalue weighted by molar-refractivity contribution is 0.259. The van der Waals surface area contributed by atoms with Crippen molar-refractivity contribution < 1.29 is 4.79 Å². The number of urea groups is 1. The maximum atomic E-state index is 11.9. The largest absolute Gasteiger partial charge is 0.363 e. The number of para-hydroxylation sites is 1. The number of aliphatic imine (C=N–C) groups is 1. The fraction of sp³-hybridized carbons (Fsp3) is 0.429. The minimum atomic E-state index is -0.361. The summed E-state index contributed by atoms with van der Waals surface area (Å²) in [6, 6.07) is 5.15. The number of piperidine rings is 1. The lowest BCUT2D eigenvalue weighted by Crippen LogP contribution is -2.32. The lowest BCUT2D eigenvalue weighted by atomic mass is 10.1. The van der Waals surface area contributed by atoms with Crippen LogP contribution in [0.2, 0.25) is 5.02 Å². The van der Waals surface area contributed by atoms with Crippen molar-refractivity contribution in [2.75, 3.05) is 18.9 Å². The molecule has 0 unspecified atom stereocenters. The minimum absolute atomic E-state index is 0.361. The molecule has 1 aliphatic rings. The molecule has 1 N–H and O–H groups in total. The molecule has 0 spiro atoms. The topological polar surface area (TPSA) is 44.7 Å². The van der Waals surface area contributed by atoms with Crippen LogP contribution in [0.15, 0.2) is 23.2 Å². The third kappa shape index (κ3) is 3.47. The molecule has 0 saturated carbocycles. The van der Waals surface area contributed by atoms with Crippen molar-refractivity contribution in [3.05, 3.63) is 28.8 Å². The first-order valence-electron chi connectivity index (χ1n) is 6.42. The standard InChI is InChI=1S/C14H18ClN3O/c1-10-6-5-7-11(15)13(10)17-14(19)16-12-8-3-4-9-18(12)2/h5-7H,3-4,8-9H2,1-2H3,(H,17,19). The van der Waals surface area contributed by atoms with Crippen molar-refractivity contribution in [3.63, 3.8) is 0 Å². The molecule has 0 radical (unpaired) electrons. The molecule has 5 heteroatoms. The van der Waals surface area contributed by atoms with Crippen LogP contribution in [0.1, 0.15) is 24.8 Å². The smallest absolute Gasteiger partial charge is 0.347 e. The van der Waals surface area contributed by atoms with Gasteiger partial charge in [-0.2, -0.15) is 4.99 Å². The van der Waals surface area contributed by atoms with E-state index in [1.165, 1.54) is 0 Å². The number of anilines is 1. The molecule has 1 aromatic rings. The highest BCUT2D eigenvalue weighted by molar-refractivity contribution is 6.34. The molecule has 1 saturated heterocycles. The predicted molar refractivity (Wildman–Crippen MR) is 79.1 cm³/mol. The molecule has 2 amide bonds. The van der Waals surface area contributed by atoms with E-state index in [4.69, 9.17) is 11.6 Å². The highest BCUT2D eigenvalue weighted by Gasteiger charge is 2.14. The summed E-state index contributed by atoms with van der Waals surface area (Å²) in [7, 11) is 1.96. The van der Waals surface area contributed by atoms with Crippen LogP contribution in [0.4, 0.5) is 10.5 Å². The molecule has 1 fully saturated rings. The van der Waals surface area contributed by atoms with E-state index >= 15 is 0 Å². The maximum Gasteiger partial charge on any atom is 0.347 e. The van der Waals surface area contributed by atoms with Gasteiger partial charge in [-0.05, 0) is 31.4 Å². The first kappa shape index (κ1) is 13.9. The number of likely N-dealkylation sites (tertiary alicyclic amines) is 1. The molecule has 1 aliphatic heterocycles. The summed E-state index contributed by atoms with van der Waals surface area (Å²) in [5.41, 5.74) is 1.56. The quantitative estimate of drug-likeness (QED) is 0.852. The molecule has 102 valence electrons. The molecule has 0 aromatic heterocycles. The Kier molecular flexibility index (Phi) is 4.43. The molecule has 0 aliphatic carbocycles. The molecular formula is C14H18ClN3O. The Bertz CT molecular complexity index is 493. The summed E-state index contributed by atoms with van der Waals surface area (Å²) < 4.78 is 0. The Morgan fingerprint density at radius 2 is 2.21 bits per heavy atom.